The molecule has 0 bridgehead atoms. The van der Waals surface area contributed by atoms with E-state index in [0.717, 1.165) is 27.6 Å². The number of pyridine rings is 1. The van der Waals surface area contributed by atoms with Gasteiger partial charge in [0.15, 0.2) is 0 Å². The van der Waals surface area contributed by atoms with Crippen molar-refractivity contribution < 1.29 is 9.53 Å². The van der Waals surface area contributed by atoms with Crippen LogP contribution in [0.1, 0.15) is 24.1 Å². The first kappa shape index (κ1) is 18.1. The molecule has 0 fully saturated rings. The van der Waals surface area contributed by atoms with Crippen molar-refractivity contribution in [1.82, 2.24) is 15.3 Å². The van der Waals surface area contributed by atoms with Crippen LogP contribution in [0, 0.1) is 6.92 Å². The average molecular weight is 367 g/mol. The maximum atomic E-state index is 12.0. The van der Waals surface area contributed by atoms with Gasteiger partial charge < -0.3 is 10.1 Å². The number of amides is 1. The Morgan fingerprint density at radius 2 is 2.00 bits per heavy atom. The van der Waals surface area contributed by atoms with Crippen LogP contribution in [0.3, 0.4) is 0 Å². The van der Waals surface area contributed by atoms with E-state index in [1.165, 1.54) is 0 Å². The number of rotatable bonds is 8. The van der Waals surface area contributed by atoms with Gasteiger partial charge in [0.1, 0.15) is 10.8 Å². The predicted molar refractivity (Wildman–Crippen MR) is 103 cm³/mol. The van der Waals surface area contributed by atoms with Crippen LogP contribution < -0.4 is 10.1 Å². The Hall–Kier alpha value is -2.73. The van der Waals surface area contributed by atoms with Crippen LogP contribution in [0.15, 0.2) is 54.2 Å². The van der Waals surface area contributed by atoms with Crippen molar-refractivity contribution in [3.63, 3.8) is 0 Å². The summed E-state index contributed by atoms with van der Waals surface area (Å²) >= 11 is 1.56. The first-order valence-corrected chi connectivity index (χ1v) is 9.40. The third-order valence-corrected chi connectivity index (χ3v) is 4.79. The van der Waals surface area contributed by atoms with Crippen molar-refractivity contribution in [1.29, 1.82) is 0 Å². The van der Waals surface area contributed by atoms with Crippen LogP contribution in [0.4, 0.5) is 0 Å². The molecule has 0 aliphatic rings. The van der Waals surface area contributed by atoms with E-state index in [1.807, 2.05) is 48.7 Å². The SMILES string of the molecule is Cc1ccccc1OCCCC(=O)NCc1csc(-c2ccncc2)n1. The zero-order chi connectivity index (χ0) is 18.2. The minimum atomic E-state index is 0.0110. The molecule has 3 aromatic rings. The predicted octanol–water partition coefficient (Wildman–Crippen LogP) is 3.99. The summed E-state index contributed by atoms with van der Waals surface area (Å²) < 4.78 is 5.71. The second kappa shape index (κ2) is 9.10. The van der Waals surface area contributed by atoms with Crippen LogP contribution in [0.25, 0.3) is 10.6 Å². The molecule has 2 aromatic heterocycles. The molecule has 6 heteroatoms. The summed E-state index contributed by atoms with van der Waals surface area (Å²) in [5.74, 6) is 0.885. The lowest BCUT2D eigenvalue weighted by atomic mass is 10.2. The lowest BCUT2D eigenvalue weighted by molar-refractivity contribution is -0.121. The maximum Gasteiger partial charge on any atom is 0.220 e. The highest BCUT2D eigenvalue weighted by molar-refractivity contribution is 7.13. The highest BCUT2D eigenvalue weighted by Crippen LogP contribution is 2.22. The fourth-order valence-electron chi connectivity index (χ4n) is 2.43. The number of nitrogens with one attached hydrogen (secondary N) is 1. The number of hydrogen-bond donors (Lipinski definition) is 1. The number of benzene rings is 1. The number of carbonyl (C=O) groups is 1. The molecule has 0 aliphatic heterocycles. The fraction of sp³-hybridized carbons (Fsp3) is 0.250. The van der Waals surface area contributed by atoms with Crippen LogP contribution in [-0.2, 0) is 11.3 Å². The zero-order valence-electron chi connectivity index (χ0n) is 14.6. The van der Waals surface area contributed by atoms with Crippen LogP contribution in [0.2, 0.25) is 0 Å². The van der Waals surface area contributed by atoms with Gasteiger partial charge in [0.05, 0.1) is 18.8 Å². The largest absolute Gasteiger partial charge is 0.493 e. The molecular formula is C20H21N3O2S. The van der Waals surface area contributed by atoms with Crippen LogP contribution in [0.5, 0.6) is 5.75 Å². The number of ether oxygens (including phenoxy) is 1. The zero-order valence-corrected chi connectivity index (χ0v) is 15.5. The molecule has 0 atom stereocenters. The Labute approximate surface area is 157 Å². The summed E-state index contributed by atoms with van der Waals surface area (Å²) in [6.07, 6.45) is 4.61. The van der Waals surface area contributed by atoms with Crippen molar-refractivity contribution in [2.75, 3.05) is 6.61 Å². The minimum absolute atomic E-state index is 0.0110. The third-order valence-electron chi connectivity index (χ3n) is 3.85. The van der Waals surface area contributed by atoms with E-state index in [9.17, 15) is 4.79 Å². The number of nitrogens with zero attached hydrogens (tertiary/aromatic N) is 2. The van der Waals surface area contributed by atoms with Gasteiger partial charge in [-0.2, -0.15) is 0 Å². The summed E-state index contributed by atoms with van der Waals surface area (Å²) in [5, 5.41) is 5.81. The van der Waals surface area contributed by atoms with Gasteiger partial charge in [0.2, 0.25) is 5.91 Å². The highest BCUT2D eigenvalue weighted by atomic mass is 32.1. The lowest BCUT2D eigenvalue weighted by Gasteiger charge is -2.08. The minimum Gasteiger partial charge on any atom is -0.493 e. The van der Waals surface area contributed by atoms with Gasteiger partial charge >= 0.3 is 0 Å². The van der Waals surface area contributed by atoms with Crippen molar-refractivity contribution >= 4 is 17.2 Å². The molecule has 2 heterocycles. The Bertz CT molecular complexity index is 849. The van der Waals surface area contributed by atoms with E-state index in [-0.39, 0.29) is 5.91 Å². The molecule has 1 amide bonds. The van der Waals surface area contributed by atoms with Gasteiger partial charge in [-0.3, -0.25) is 9.78 Å². The molecule has 5 nitrogen and oxygen atoms in total. The molecule has 1 N–H and O–H groups in total. The van der Waals surface area contributed by atoms with Crippen molar-refractivity contribution in [2.24, 2.45) is 0 Å². The quantitative estimate of drug-likeness (QED) is 0.612. The van der Waals surface area contributed by atoms with E-state index in [4.69, 9.17) is 4.74 Å². The number of thiazole rings is 1. The fourth-order valence-corrected chi connectivity index (χ4v) is 3.25. The van der Waals surface area contributed by atoms with Gasteiger partial charge in [0, 0.05) is 29.8 Å². The van der Waals surface area contributed by atoms with E-state index in [2.05, 4.69) is 15.3 Å². The second-order valence-electron chi connectivity index (χ2n) is 5.87. The molecule has 0 saturated heterocycles. The van der Waals surface area contributed by atoms with Crippen LogP contribution in [-0.4, -0.2) is 22.5 Å². The first-order valence-electron chi connectivity index (χ1n) is 8.52. The smallest absolute Gasteiger partial charge is 0.220 e. The third kappa shape index (κ3) is 5.13. The molecule has 0 radical (unpaired) electrons. The van der Waals surface area contributed by atoms with Crippen molar-refractivity contribution in [2.45, 2.75) is 26.3 Å². The van der Waals surface area contributed by atoms with E-state index < -0.39 is 0 Å². The standard InChI is InChI=1S/C20H21N3O2S/c1-15-5-2-3-6-18(15)25-12-4-7-19(24)22-13-17-14-26-20(23-17)16-8-10-21-11-9-16/h2-3,5-6,8-11,14H,4,7,12-13H2,1H3,(H,22,24). The Morgan fingerprint density at radius 3 is 2.81 bits per heavy atom. The topological polar surface area (TPSA) is 64.1 Å². The molecule has 134 valence electrons. The Kier molecular flexibility index (Phi) is 6.33. The van der Waals surface area contributed by atoms with Gasteiger partial charge in [-0.15, -0.1) is 11.3 Å². The van der Waals surface area contributed by atoms with Gasteiger partial charge in [-0.05, 0) is 37.1 Å². The molecule has 0 unspecified atom stereocenters. The van der Waals surface area contributed by atoms with Crippen LogP contribution >= 0.6 is 11.3 Å². The highest BCUT2D eigenvalue weighted by Gasteiger charge is 2.07. The normalized spacial score (nSPS) is 10.5. The maximum absolute atomic E-state index is 12.0. The summed E-state index contributed by atoms with van der Waals surface area (Å²) in [6, 6.07) is 11.7. The second-order valence-corrected chi connectivity index (χ2v) is 6.73. The molecule has 0 saturated carbocycles. The summed E-state index contributed by atoms with van der Waals surface area (Å²) in [7, 11) is 0. The van der Waals surface area contributed by atoms with Crippen molar-refractivity contribution in [3.8, 4) is 16.3 Å². The number of carbonyl (C=O) groups excluding carboxylic acids is 1. The molecule has 26 heavy (non-hydrogen) atoms. The van der Waals surface area contributed by atoms with E-state index in [1.54, 1.807) is 23.7 Å². The summed E-state index contributed by atoms with van der Waals surface area (Å²) in [5.41, 5.74) is 3.01. The van der Waals surface area contributed by atoms with Crippen molar-refractivity contribution in [3.05, 3.63) is 65.4 Å². The Morgan fingerprint density at radius 1 is 1.19 bits per heavy atom. The first-order chi connectivity index (χ1) is 12.7. The Balaban J connectivity index is 1.38. The summed E-state index contributed by atoms with van der Waals surface area (Å²) in [4.78, 5) is 20.5. The van der Waals surface area contributed by atoms with E-state index >= 15 is 0 Å². The molecule has 0 spiro atoms. The monoisotopic (exact) mass is 367 g/mol. The average Bonchev–Trinajstić information content (AvgIpc) is 3.15. The molecular weight excluding hydrogens is 346 g/mol. The molecule has 0 aliphatic carbocycles. The molecule has 1 aromatic carbocycles. The van der Waals surface area contributed by atoms with E-state index in [0.29, 0.717) is 26.0 Å². The van der Waals surface area contributed by atoms with Gasteiger partial charge in [-0.25, -0.2) is 4.98 Å². The number of aromatic nitrogens is 2. The summed E-state index contributed by atoms with van der Waals surface area (Å²) in [6.45, 7) is 2.98. The number of para-hydroxylation sites is 1. The van der Waals surface area contributed by atoms with Gasteiger partial charge in [-0.1, -0.05) is 18.2 Å². The lowest BCUT2D eigenvalue weighted by Crippen LogP contribution is -2.23. The number of hydrogen-bond acceptors (Lipinski definition) is 5. The number of aryl methyl sites for hydroxylation is 1. The van der Waals surface area contributed by atoms with Gasteiger partial charge in [0.25, 0.3) is 0 Å². The molecule has 3 rings (SSSR count).